The van der Waals surface area contributed by atoms with Crippen molar-refractivity contribution < 1.29 is 18.3 Å². The molecule has 8 nitrogen and oxygen atoms in total. The summed E-state index contributed by atoms with van der Waals surface area (Å²) in [4.78, 5) is 20.8. The third-order valence-corrected chi connectivity index (χ3v) is 12.4. The number of likely N-dealkylation sites (tertiary alicyclic amines) is 1. The Morgan fingerprint density at radius 3 is 2.62 bits per heavy atom. The molecule has 1 amide bonds. The maximum Gasteiger partial charge on any atom is 0.226 e. The van der Waals surface area contributed by atoms with Crippen molar-refractivity contribution in [2.24, 2.45) is 11.8 Å². The number of rotatable bonds is 8. The minimum absolute atomic E-state index is 0.0391. The van der Waals surface area contributed by atoms with E-state index in [1.807, 2.05) is 24.0 Å². The summed E-state index contributed by atoms with van der Waals surface area (Å²) in [6.45, 7) is 3.01. The van der Waals surface area contributed by atoms with Gasteiger partial charge in [0.15, 0.2) is 17.4 Å². The second kappa shape index (κ2) is 13.0. The van der Waals surface area contributed by atoms with Crippen molar-refractivity contribution in [2.75, 3.05) is 13.1 Å². The van der Waals surface area contributed by atoms with Crippen LogP contribution in [0.5, 0.6) is 5.75 Å². The Kier molecular flexibility index (Phi) is 8.34. The number of hydrogen-bond donors (Lipinski definition) is 1. The number of carbonyl (C=O) groups excluding carboxylic acids is 1. The number of hydrogen-bond acceptors (Lipinski definition) is 6. The highest BCUT2D eigenvalue weighted by Gasteiger charge is 2.51. The van der Waals surface area contributed by atoms with Gasteiger partial charge < -0.3 is 19.5 Å². The van der Waals surface area contributed by atoms with Crippen molar-refractivity contribution in [1.82, 2.24) is 19.8 Å². The Bertz CT molecular complexity index is 2440. The van der Waals surface area contributed by atoms with Gasteiger partial charge in [-0.2, -0.15) is 10.5 Å². The van der Waals surface area contributed by atoms with E-state index in [1.54, 1.807) is 18.2 Å². The maximum absolute atomic E-state index is 17.2. The third-order valence-electron chi connectivity index (χ3n) is 11.6. The molecule has 0 spiro atoms. The molecular weight excluding hydrogens is 717 g/mol. The van der Waals surface area contributed by atoms with Crippen molar-refractivity contribution in [3.05, 3.63) is 92.7 Å². The second-order valence-corrected chi connectivity index (χ2v) is 15.6. The fraction of sp³-hybridized carbons (Fsp3) is 0.366. The molecule has 5 unspecified atom stereocenters. The summed E-state index contributed by atoms with van der Waals surface area (Å²) in [7, 11) is 0. The van der Waals surface area contributed by atoms with Crippen LogP contribution in [0.25, 0.3) is 32.9 Å². The molecule has 3 saturated heterocycles. The molecule has 12 heteroatoms. The summed E-state index contributed by atoms with van der Waals surface area (Å²) in [5.74, 6) is -0.769. The molecular formula is C41H34Cl2F2N6O2. The number of carbonyl (C=O) groups is 1. The topological polar surface area (TPSA) is 107 Å². The fourth-order valence-electron chi connectivity index (χ4n) is 8.92. The average Bonchev–Trinajstić information content (AvgIpc) is 3.44. The van der Waals surface area contributed by atoms with Crippen molar-refractivity contribution >= 4 is 50.9 Å². The molecule has 5 atom stereocenters. The summed E-state index contributed by atoms with van der Waals surface area (Å²) < 4.78 is 40.8. The van der Waals surface area contributed by atoms with E-state index in [2.05, 4.69) is 22.0 Å². The SMILES string of the molecule is Cc1nc2c(F)c(-c3cccc(Cl)c3Cl)c(CCC#N)cc2c2c1cc(C1CC(Oc3ccc(C#N)cc3F)CN1C(=O)C1CC1)n2C1C2CNC1C2. The zero-order valence-corrected chi connectivity index (χ0v) is 30.3. The molecule has 2 saturated carbocycles. The summed E-state index contributed by atoms with van der Waals surface area (Å²) in [6, 6.07) is 17.3. The Morgan fingerprint density at radius 2 is 1.92 bits per heavy atom. The van der Waals surface area contributed by atoms with Crippen LogP contribution in [-0.4, -0.2) is 45.6 Å². The van der Waals surface area contributed by atoms with Crippen molar-refractivity contribution in [1.29, 1.82) is 10.5 Å². The van der Waals surface area contributed by atoms with Gasteiger partial charge in [-0.1, -0.05) is 35.3 Å². The van der Waals surface area contributed by atoms with E-state index in [4.69, 9.17) is 32.9 Å². The highest BCUT2D eigenvalue weighted by molar-refractivity contribution is 6.43. The first-order chi connectivity index (χ1) is 25.7. The Morgan fingerprint density at radius 1 is 1.09 bits per heavy atom. The lowest BCUT2D eigenvalue weighted by Gasteiger charge is -2.39. The molecule has 3 aromatic carbocycles. The fourth-order valence-corrected chi connectivity index (χ4v) is 9.31. The molecule has 5 heterocycles. The number of aromatic nitrogens is 2. The van der Waals surface area contributed by atoms with Gasteiger partial charge in [0, 0.05) is 64.6 Å². The van der Waals surface area contributed by atoms with E-state index in [0.717, 1.165) is 48.5 Å². The highest BCUT2D eigenvalue weighted by atomic mass is 35.5. The number of nitrogens with zero attached hydrogens (tertiary/aromatic N) is 5. The zero-order chi connectivity index (χ0) is 36.7. The first-order valence-corrected chi connectivity index (χ1v) is 18.8. The molecule has 53 heavy (non-hydrogen) atoms. The van der Waals surface area contributed by atoms with Gasteiger partial charge in [0.1, 0.15) is 11.6 Å². The predicted molar refractivity (Wildman–Crippen MR) is 198 cm³/mol. The van der Waals surface area contributed by atoms with Gasteiger partial charge in [-0.05, 0) is 80.5 Å². The summed E-state index contributed by atoms with van der Waals surface area (Å²) in [5.41, 5.74) is 4.14. The standard InChI is InChI=1S/C41H34Cl2F2N6O2/c1-20-27-16-33(32-15-25(19-50(32)41(52)22-8-9-22)53-34-10-7-21(17-47)12-30(34)44)51(39-24-14-31(39)48-18-24)40(27)28-13-23(4-3-11-46)35(37(45)38(28)49-20)26-5-2-6-29(42)36(26)43/h2,5-7,10,12-13,16,22,24-25,31-32,39,48H,3-4,8-9,14-15,18-19H2,1H3. The quantitative estimate of drug-likeness (QED) is 0.170. The number of nitriles is 2. The number of fused-ring (bicyclic) bond motifs is 4. The number of nitrogens with one attached hydrogen (secondary N) is 1. The minimum Gasteiger partial charge on any atom is -0.485 e. The van der Waals surface area contributed by atoms with Crippen LogP contribution in [0.1, 0.15) is 66.7 Å². The molecule has 10 rings (SSSR count). The van der Waals surface area contributed by atoms with E-state index in [9.17, 15) is 15.3 Å². The number of halogens is 4. The van der Waals surface area contributed by atoms with Gasteiger partial charge in [0.05, 0.1) is 51.9 Å². The molecule has 2 aromatic heterocycles. The third kappa shape index (κ3) is 5.53. The largest absolute Gasteiger partial charge is 0.485 e. The number of aryl methyl sites for hydroxylation is 2. The molecule has 2 bridgehead atoms. The Balaban J connectivity index is 1.24. The lowest BCUT2D eigenvalue weighted by Crippen LogP contribution is -2.41. The van der Waals surface area contributed by atoms with Crippen LogP contribution < -0.4 is 10.1 Å². The van der Waals surface area contributed by atoms with E-state index >= 15 is 8.78 Å². The Labute approximate surface area is 314 Å². The van der Waals surface area contributed by atoms with Crippen molar-refractivity contribution in [3.8, 4) is 29.0 Å². The molecule has 5 aliphatic rings. The first-order valence-electron chi connectivity index (χ1n) is 18.0. The summed E-state index contributed by atoms with van der Waals surface area (Å²) >= 11 is 13.1. The maximum atomic E-state index is 17.2. The number of ether oxygens (including phenoxy) is 1. The monoisotopic (exact) mass is 750 g/mol. The van der Waals surface area contributed by atoms with E-state index in [-0.39, 0.29) is 76.8 Å². The average molecular weight is 752 g/mol. The highest BCUT2D eigenvalue weighted by Crippen LogP contribution is 2.51. The zero-order valence-electron chi connectivity index (χ0n) is 28.8. The van der Waals surface area contributed by atoms with E-state index in [1.165, 1.54) is 12.1 Å². The second-order valence-electron chi connectivity index (χ2n) is 14.8. The first kappa shape index (κ1) is 34.1. The summed E-state index contributed by atoms with van der Waals surface area (Å²) in [5, 5.41) is 24.5. The van der Waals surface area contributed by atoms with E-state index < -0.39 is 17.7 Å². The van der Waals surface area contributed by atoms with Crippen LogP contribution >= 0.6 is 23.2 Å². The molecule has 5 fully saturated rings. The summed E-state index contributed by atoms with van der Waals surface area (Å²) in [6.07, 6.45) is 3.06. The molecule has 2 aliphatic carbocycles. The molecule has 0 radical (unpaired) electrons. The van der Waals surface area contributed by atoms with Crippen molar-refractivity contribution in [3.63, 3.8) is 0 Å². The number of amides is 1. The van der Waals surface area contributed by atoms with Gasteiger partial charge in [-0.3, -0.25) is 4.79 Å². The molecule has 5 aromatic rings. The number of benzene rings is 3. The predicted octanol–water partition coefficient (Wildman–Crippen LogP) is 8.74. The molecule has 268 valence electrons. The van der Waals surface area contributed by atoms with Gasteiger partial charge in [-0.15, -0.1) is 0 Å². The van der Waals surface area contributed by atoms with Crippen LogP contribution in [0.4, 0.5) is 8.78 Å². The molecule has 1 N–H and O–H groups in total. The Hall–Kier alpha value is -4.74. The lowest BCUT2D eigenvalue weighted by atomic mass is 9.79. The van der Waals surface area contributed by atoms with Crippen LogP contribution in [0.3, 0.4) is 0 Å². The van der Waals surface area contributed by atoms with Crippen LogP contribution in [0.15, 0.2) is 48.5 Å². The van der Waals surface area contributed by atoms with Crippen molar-refractivity contribution in [2.45, 2.75) is 69.7 Å². The van der Waals surface area contributed by atoms with Crippen LogP contribution in [0.2, 0.25) is 10.0 Å². The van der Waals surface area contributed by atoms with Crippen LogP contribution in [-0.2, 0) is 11.2 Å². The van der Waals surface area contributed by atoms with Gasteiger partial charge in [0.2, 0.25) is 5.91 Å². The van der Waals surface area contributed by atoms with Gasteiger partial charge in [-0.25, -0.2) is 13.8 Å². The van der Waals surface area contributed by atoms with Gasteiger partial charge >= 0.3 is 0 Å². The normalized spacial score (nSPS) is 23.3. The molecule has 3 aliphatic heterocycles. The smallest absolute Gasteiger partial charge is 0.226 e. The van der Waals surface area contributed by atoms with Gasteiger partial charge in [0.25, 0.3) is 0 Å². The van der Waals surface area contributed by atoms with E-state index in [0.29, 0.717) is 39.6 Å². The lowest BCUT2D eigenvalue weighted by molar-refractivity contribution is -0.133. The van der Waals surface area contributed by atoms with Crippen LogP contribution in [0, 0.1) is 53.1 Å². The number of pyridine rings is 1. The minimum atomic E-state index is -0.625.